The normalized spacial score (nSPS) is 23.2. The lowest BCUT2D eigenvalue weighted by Gasteiger charge is -2.07. The van der Waals surface area contributed by atoms with Crippen LogP contribution in [0.15, 0.2) is 12.1 Å². The van der Waals surface area contributed by atoms with Crippen LogP contribution in [0.1, 0.15) is 0 Å². The average Bonchev–Trinajstić information content (AvgIpc) is 1.97. The minimum absolute atomic E-state index is 0.296. The van der Waals surface area contributed by atoms with Gasteiger partial charge in [-0.15, -0.1) is 0 Å². The van der Waals surface area contributed by atoms with Gasteiger partial charge in [0.2, 0.25) is 5.88 Å². The number of rotatable bonds is 0. The molecule has 0 aromatic rings. The molecular formula is C3H6N2O3S. The van der Waals surface area contributed by atoms with Crippen LogP contribution in [0.4, 0.5) is 0 Å². The summed E-state index contributed by atoms with van der Waals surface area (Å²) in [5, 5.41) is 8.68. The molecule has 1 aliphatic heterocycles. The minimum Gasteiger partial charge on any atom is -0.493 e. The average molecular weight is 150 g/mol. The van der Waals surface area contributed by atoms with Crippen LogP contribution in [-0.4, -0.2) is 24.9 Å². The van der Waals surface area contributed by atoms with Crippen molar-refractivity contribution in [3.05, 3.63) is 12.1 Å². The van der Waals surface area contributed by atoms with Crippen molar-refractivity contribution in [2.24, 2.45) is 0 Å². The van der Waals surface area contributed by atoms with E-state index in [1.165, 1.54) is 7.05 Å². The van der Waals surface area contributed by atoms with Gasteiger partial charge >= 0.3 is 10.2 Å². The summed E-state index contributed by atoms with van der Waals surface area (Å²) in [7, 11) is -2.18. The van der Waals surface area contributed by atoms with E-state index in [9.17, 15) is 8.42 Å². The number of hydrogen-bond acceptors (Lipinski definition) is 3. The zero-order valence-corrected chi connectivity index (χ0v) is 5.51. The lowest BCUT2D eigenvalue weighted by atomic mass is 10.8. The molecule has 5 nitrogen and oxygen atoms in total. The SMILES string of the molecule is CN1C(O)=CNS1(=O)=O. The fraction of sp³-hybridized carbons (Fsp3) is 0.333. The van der Waals surface area contributed by atoms with Gasteiger partial charge in [-0.25, -0.2) is 4.31 Å². The first-order valence-electron chi connectivity index (χ1n) is 2.19. The number of nitrogens with zero attached hydrogens (tertiary/aromatic N) is 1. The molecule has 0 bridgehead atoms. The van der Waals surface area contributed by atoms with E-state index < -0.39 is 10.2 Å². The van der Waals surface area contributed by atoms with E-state index in [1.54, 1.807) is 0 Å². The topological polar surface area (TPSA) is 69.6 Å². The Morgan fingerprint density at radius 2 is 2.33 bits per heavy atom. The molecule has 0 spiro atoms. The Kier molecular flexibility index (Phi) is 1.06. The smallest absolute Gasteiger partial charge is 0.325 e. The van der Waals surface area contributed by atoms with E-state index in [4.69, 9.17) is 5.11 Å². The van der Waals surface area contributed by atoms with Gasteiger partial charge in [0.05, 0.1) is 6.20 Å². The van der Waals surface area contributed by atoms with Crippen LogP contribution in [0.3, 0.4) is 0 Å². The monoisotopic (exact) mass is 150 g/mol. The third kappa shape index (κ3) is 0.807. The Bertz CT molecular complexity index is 242. The Hall–Kier alpha value is -0.910. The number of aliphatic hydroxyl groups excluding tert-OH is 1. The zero-order chi connectivity index (χ0) is 7.07. The van der Waals surface area contributed by atoms with Crippen LogP contribution in [-0.2, 0) is 10.2 Å². The maximum Gasteiger partial charge on any atom is 0.325 e. The molecule has 0 amide bonds. The number of aliphatic hydroxyl groups is 1. The van der Waals surface area contributed by atoms with Gasteiger partial charge in [-0.2, -0.15) is 8.42 Å². The van der Waals surface area contributed by atoms with Crippen molar-refractivity contribution in [1.82, 2.24) is 9.03 Å². The molecular weight excluding hydrogens is 144 g/mol. The van der Waals surface area contributed by atoms with Crippen LogP contribution < -0.4 is 4.72 Å². The molecule has 0 radical (unpaired) electrons. The predicted molar refractivity (Wildman–Crippen MR) is 30.5 cm³/mol. The summed E-state index contributed by atoms with van der Waals surface area (Å²) in [5.74, 6) is -0.296. The molecule has 9 heavy (non-hydrogen) atoms. The highest BCUT2D eigenvalue weighted by Crippen LogP contribution is 2.07. The molecule has 0 aromatic heterocycles. The number of nitrogens with one attached hydrogen (secondary N) is 1. The highest BCUT2D eigenvalue weighted by molar-refractivity contribution is 7.87. The highest BCUT2D eigenvalue weighted by Gasteiger charge is 2.24. The van der Waals surface area contributed by atoms with Crippen LogP contribution in [0, 0.1) is 0 Å². The Balaban J connectivity index is 3.00. The summed E-state index contributed by atoms with van der Waals surface area (Å²) in [6, 6.07) is 0. The van der Waals surface area contributed by atoms with E-state index in [2.05, 4.69) is 0 Å². The van der Waals surface area contributed by atoms with Crippen molar-refractivity contribution in [2.75, 3.05) is 7.05 Å². The number of hydrogen-bond donors (Lipinski definition) is 2. The van der Waals surface area contributed by atoms with E-state index in [0.29, 0.717) is 0 Å². The Morgan fingerprint density at radius 3 is 2.44 bits per heavy atom. The van der Waals surface area contributed by atoms with E-state index >= 15 is 0 Å². The van der Waals surface area contributed by atoms with E-state index in [-0.39, 0.29) is 5.88 Å². The molecule has 0 saturated heterocycles. The minimum atomic E-state index is -3.43. The van der Waals surface area contributed by atoms with Gasteiger partial charge < -0.3 is 5.11 Å². The van der Waals surface area contributed by atoms with Crippen molar-refractivity contribution in [1.29, 1.82) is 0 Å². The standard InChI is InChI=1S/C3H6N2O3S/c1-5-3(6)2-4-9(5,7)8/h2,4,6H,1H3. The lowest BCUT2D eigenvalue weighted by Crippen LogP contribution is -2.27. The summed E-state index contributed by atoms with van der Waals surface area (Å²) in [5.41, 5.74) is 0. The molecule has 0 unspecified atom stereocenters. The van der Waals surface area contributed by atoms with Gasteiger partial charge in [0.25, 0.3) is 0 Å². The molecule has 1 aliphatic rings. The lowest BCUT2D eigenvalue weighted by molar-refractivity contribution is 0.312. The van der Waals surface area contributed by atoms with Gasteiger partial charge in [0.15, 0.2) is 0 Å². The summed E-state index contributed by atoms with van der Waals surface area (Å²) in [6.45, 7) is 0. The third-order valence-corrected chi connectivity index (χ3v) is 2.34. The van der Waals surface area contributed by atoms with Crippen molar-refractivity contribution >= 4 is 10.2 Å². The molecule has 1 rings (SSSR count). The largest absolute Gasteiger partial charge is 0.493 e. The molecule has 52 valence electrons. The molecule has 0 aromatic carbocycles. The van der Waals surface area contributed by atoms with Crippen LogP contribution >= 0.6 is 0 Å². The van der Waals surface area contributed by atoms with Gasteiger partial charge in [-0.1, -0.05) is 0 Å². The third-order valence-electron chi connectivity index (χ3n) is 1.02. The van der Waals surface area contributed by atoms with Crippen LogP contribution in [0.25, 0.3) is 0 Å². The fourth-order valence-corrected chi connectivity index (χ4v) is 1.13. The quantitative estimate of drug-likeness (QED) is 0.471. The first kappa shape index (κ1) is 6.21. The Morgan fingerprint density at radius 1 is 1.78 bits per heavy atom. The van der Waals surface area contributed by atoms with Gasteiger partial charge in [-0.05, 0) is 0 Å². The van der Waals surface area contributed by atoms with Gasteiger partial charge in [0.1, 0.15) is 0 Å². The first-order chi connectivity index (χ1) is 4.04. The Labute approximate surface area is 52.8 Å². The van der Waals surface area contributed by atoms with E-state index in [1.807, 2.05) is 4.72 Å². The first-order valence-corrected chi connectivity index (χ1v) is 3.63. The maximum atomic E-state index is 10.6. The summed E-state index contributed by atoms with van der Waals surface area (Å²) in [4.78, 5) is 0. The molecule has 0 aliphatic carbocycles. The van der Waals surface area contributed by atoms with Gasteiger partial charge in [0, 0.05) is 7.05 Å². The van der Waals surface area contributed by atoms with Crippen molar-refractivity contribution < 1.29 is 13.5 Å². The zero-order valence-electron chi connectivity index (χ0n) is 4.70. The maximum absolute atomic E-state index is 10.6. The molecule has 6 heteroatoms. The van der Waals surface area contributed by atoms with Crippen LogP contribution in [0.5, 0.6) is 0 Å². The molecule has 1 heterocycles. The summed E-state index contributed by atoms with van der Waals surface area (Å²) >= 11 is 0. The highest BCUT2D eigenvalue weighted by atomic mass is 32.2. The molecule has 0 saturated carbocycles. The molecule has 0 fully saturated rings. The summed E-state index contributed by atoms with van der Waals surface area (Å²) < 4.78 is 23.9. The second-order valence-corrected chi connectivity index (χ2v) is 3.33. The molecule has 0 atom stereocenters. The van der Waals surface area contributed by atoms with Crippen molar-refractivity contribution in [3.8, 4) is 0 Å². The van der Waals surface area contributed by atoms with Crippen LogP contribution in [0.2, 0.25) is 0 Å². The fourth-order valence-electron chi connectivity index (χ4n) is 0.420. The molecule has 2 N–H and O–H groups in total. The van der Waals surface area contributed by atoms with Crippen molar-refractivity contribution in [2.45, 2.75) is 0 Å². The van der Waals surface area contributed by atoms with Crippen molar-refractivity contribution in [3.63, 3.8) is 0 Å². The van der Waals surface area contributed by atoms with E-state index in [0.717, 1.165) is 10.5 Å². The second-order valence-electron chi connectivity index (χ2n) is 1.59. The second kappa shape index (κ2) is 1.53. The predicted octanol–water partition coefficient (Wildman–Crippen LogP) is -0.877. The van der Waals surface area contributed by atoms with Gasteiger partial charge in [-0.3, -0.25) is 4.72 Å². The summed E-state index contributed by atoms with van der Waals surface area (Å²) in [6.07, 6.45) is 1.01.